The molecule has 0 bridgehead atoms. The van der Waals surface area contributed by atoms with E-state index in [2.05, 4.69) is 10.3 Å². The van der Waals surface area contributed by atoms with Gasteiger partial charge in [-0.15, -0.1) is 0 Å². The highest BCUT2D eigenvalue weighted by atomic mass is 16.5. The standard InChI is InChI=1S/C24H23N3O3/c1-4-30-20-8-6-5-7-19(20)24(28)26-23-22(17-9-11-18(29-3)12-10-17)25-21-15-16(2)13-14-27(21)23/h5-15H,4H2,1-3H3,(H,26,28)/p+1. The first kappa shape index (κ1) is 19.5. The Morgan fingerprint density at radius 2 is 1.87 bits per heavy atom. The number of nitrogens with one attached hydrogen (secondary N) is 2. The van der Waals surface area contributed by atoms with Gasteiger partial charge in [0.2, 0.25) is 5.65 Å². The zero-order valence-electron chi connectivity index (χ0n) is 17.2. The van der Waals surface area contributed by atoms with E-state index in [0.717, 1.165) is 28.2 Å². The molecule has 2 aromatic carbocycles. The average molecular weight is 402 g/mol. The number of hydrogen-bond donors (Lipinski definition) is 2. The van der Waals surface area contributed by atoms with Crippen molar-refractivity contribution in [2.45, 2.75) is 13.8 Å². The number of benzene rings is 2. The number of methoxy groups -OCH3 is 1. The highest BCUT2D eigenvalue weighted by molar-refractivity contribution is 6.06. The maximum Gasteiger partial charge on any atom is 0.315 e. The quantitative estimate of drug-likeness (QED) is 0.470. The second kappa shape index (κ2) is 8.29. The molecule has 6 heteroatoms. The van der Waals surface area contributed by atoms with Crippen LogP contribution in [0.5, 0.6) is 11.5 Å². The molecule has 2 N–H and O–H groups in total. The van der Waals surface area contributed by atoms with E-state index in [0.29, 0.717) is 23.7 Å². The van der Waals surface area contributed by atoms with Crippen molar-refractivity contribution in [1.29, 1.82) is 0 Å². The van der Waals surface area contributed by atoms with Gasteiger partial charge in [0.05, 0.1) is 25.5 Å². The SMILES string of the molecule is CCOc1ccccc1C(=O)Nc1c(-c2ccc(OC)cc2)[nH]c2cc(C)cc[n+]12. The predicted octanol–water partition coefficient (Wildman–Crippen LogP) is 4.39. The first-order valence-corrected chi connectivity index (χ1v) is 9.82. The van der Waals surface area contributed by atoms with Gasteiger partial charge < -0.3 is 9.47 Å². The Balaban J connectivity index is 1.80. The van der Waals surface area contributed by atoms with Gasteiger partial charge in [-0.3, -0.25) is 9.78 Å². The molecule has 0 aliphatic carbocycles. The highest BCUT2D eigenvalue weighted by Gasteiger charge is 2.25. The van der Waals surface area contributed by atoms with Gasteiger partial charge in [0, 0.05) is 11.6 Å². The fourth-order valence-electron chi connectivity index (χ4n) is 3.40. The van der Waals surface area contributed by atoms with Crippen molar-refractivity contribution in [3.05, 3.63) is 78.0 Å². The van der Waals surface area contributed by atoms with E-state index in [4.69, 9.17) is 9.47 Å². The van der Waals surface area contributed by atoms with Crippen molar-refractivity contribution >= 4 is 17.4 Å². The minimum Gasteiger partial charge on any atom is -0.497 e. The number of imidazole rings is 1. The van der Waals surface area contributed by atoms with Crippen LogP contribution in [-0.2, 0) is 0 Å². The number of H-pyrrole nitrogens is 1. The Labute approximate surface area is 175 Å². The Morgan fingerprint density at radius 3 is 2.60 bits per heavy atom. The molecule has 6 nitrogen and oxygen atoms in total. The highest BCUT2D eigenvalue weighted by Crippen LogP contribution is 2.28. The third-order valence-corrected chi connectivity index (χ3v) is 4.88. The number of rotatable bonds is 6. The molecule has 4 aromatic rings. The first-order valence-electron chi connectivity index (χ1n) is 9.82. The van der Waals surface area contributed by atoms with Crippen molar-refractivity contribution in [3.8, 4) is 22.8 Å². The summed E-state index contributed by atoms with van der Waals surface area (Å²) in [7, 11) is 1.64. The number of aromatic nitrogens is 2. The number of ether oxygens (including phenoxy) is 2. The largest absolute Gasteiger partial charge is 0.497 e. The fraction of sp³-hybridized carbons (Fsp3) is 0.167. The van der Waals surface area contributed by atoms with E-state index in [-0.39, 0.29) is 5.91 Å². The Bertz CT molecular complexity index is 1200. The third kappa shape index (κ3) is 3.72. The van der Waals surface area contributed by atoms with Crippen LogP contribution in [-0.4, -0.2) is 24.6 Å². The van der Waals surface area contributed by atoms with Gasteiger partial charge in [0.15, 0.2) is 5.69 Å². The van der Waals surface area contributed by atoms with Crippen LogP contribution in [0, 0.1) is 6.92 Å². The number of fused-ring (bicyclic) bond motifs is 1. The summed E-state index contributed by atoms with van der Waals surface area (Å²) in [4.78, 5) is 16.6. The van der Waals surface area contributed by atoms with Crippen molar-refractivity contribution in [3.63, 3.8) is 0 Å². The van der Waals surface area contributed by atoms with E-state index >= 15 is 0 Å². The summed E-state index contributed by atoms with van der Waals surface area (Å²) in [6.45, 7) is 4.42. The summed E-state index contributed by atoms with van der Waals surface area (Å²) in [5, 5.41) is 3.08. The summed E-state index contributed by atoms with van der Waals surface area (Å²) in [6, 6.07) is 19.0. The van der Waals surface area contributed by atoms with Gasteiger partial charge in [0.25, 0.3) is 5.82 Å². The molecule has 0 aliphatic rings. The fourth-order valence-corrected chi connectivity index (χ4v) is 3.40. The summed E-state index contributed by atoms with van der Waals surface area (Å²) >= 11 is 0. The van der Waals surface area contributed by atoms with Crippen LogP contribution >= 0.6 is 0 Å². The number of nitrogens with zero attached hydrogens (tertiary/aromatic N) is 1. The topological polar surface area (TPSA) is 67.5 Å². The number of anilines is 1. The normalized spacial score (nSPS) is 10.8. The summed E-state index contributed by atoms with van der Waals surface area (Å²) in [5.41, 5.74) is 4.24. The van der Waals surface area contributed by atoms with E-state index < -0.39 is 0 Å². The molecule has 0 spiro atoms. The minimum atomic E-state index is -0.234. The Morgan fingerprint density at radius 1 is 1.10 bits per heavy atom. The smallest absolute Gasteiger partial charge is 0.315 e. The second-order valence-corrected chi connectivity index (χ2v) is 6.92. The molecule has 2 aromatic heterocycles. The van der Waals surface area contributed by atoms with Gasteiger partial charge >= 0.3 is 5.91 Å². The van der Waals surface area contributed by atoms with Gasteiger partial charge in [-0.25, -0.2) is 9.72 Å². The van der Waals surface area contributed by atoms with Gasteiger partial charge in [-0.1, -0.05) is 12.1 Å². The maximum absolute atomic E-state index is 13.2. The van der Waals surface area contributed by atoms with Crippen molar-refractivity contribution in [1.82, 2.24) is 4.98 Å². The lowest BCUT2D eigenvalue weighted by Crippen LogP contribution is -2.27. The number of amides is 1. The number of para-hydroxylation sites is 1. The van der Waals surface area contributed by atoms with Crippen LogP contribution in [0.15, 0.2) is 66.9 Å². The molecule has 152 valence electrons. The van der Waals surface area contributed by atoms with Gasteiger partial charge in [0.1, 0.15) is 11.5 Å². The molecule has 2 heterocycles. The Kier molecular flexibility index (Phi) is 5.39. The number of carbonyl (C=O) groups is 1. The number of aryl methyl sites for hydroxylation is 1. The van der Waals surface area contributed by atoms with Crippen LogP contribution < -0.4 is 19.2 Å². The average Bonchev–Trinajstić information content (AvgIpc) is 3.11. The summed E-state index contributed by atoms with van der Waals surface area (Å²) < 4.78 is 12.8. The molecule has 0 saturated heterocycles. The maximum atomic E-state index is 13.2. The molecule has 0 fully saturated rings. The molecular formula is C24H24N3O3+. The van der Waals surface area contributed by atoms with E-state index in [1.165, 1.54) is 0 Å². The molecule has 0 radical (unpaired) electrons. The van der Waals surface area contributed by atoms with Gasteiger partial charge in [-0.2, -0.15) is 0 Å². The zero-order chi connectivity index (χ0) is 21.1. The number of hydrogen-bond acceptors (Lipinski definition) is 3. The van der Waals surface area contributed by atoms with E-state index in [1.807, 2.05) is 73.0 Å². The molecular weight excluding hydrogens is 378 g/mol. The zero-order valence-corrected chi connectivity index (χ0v) is 17.2. The number of aromatic amines is 1. The van der Waals surface area contributed by atoms with Gasteiger partial charge in [-0.05, 0) is 61.9 Å². The summed E-state index contributed by atoms with van der Waals surface area (Å²) in [6.07, 6.45) is 1.94. The van der Waals surface area contributed by atoms with Crippen molar-refractivity contribution in [2.75, 3.05) is 19.0 Å². The van der Waals surface area contributed by atoms with E-state index in [9.17, 15) is 4.79 Å². The van der Waals surface area contributed by atoms with Crippen LogP contribution in [0.2, 0.25) is 0 Å². The Hall–Kier alpha value is -3.80. The van der Waals surface area contributed by atoms with Crippen LogP contribution in [0.25, 0.3) is 16.9 Å². The van der Waals surface area contributed by atoms with Crippen molar-refractivity contribution in [2.24, 2.45) is 0 Å². The monoisotopic (exact) mass is 402 g/mol. The predicted molar refractivity (Wildman–Crippen MR) is 116 cm³/mol. The van der Waals surface area contributed by atoms with Crippen LogP contribution in [0.1, 0.15) is 22.8 Å². The molecule has 0 unspecified atom stereocenters. The third-order valence-electron chi connectivity index (χ3n) is 4.88. The lowest BCUT2D eigenvalue weighted by atomic mass is 10.1. The molecule has 30 heavy (non-hydrogen) atoms. The number of pyridine rings is 1. The molecule has 1 amide bonds. The summed E-state index contributed by atoms with van der Waals surface area (Å²) in [5.74, 6) is 1.76. The van der Waals surface area contributed by atoms with E-state index in [1.54, 1.807) is 19.2 Å². The molecule has 4 rings (SSSR count). The number of carbonyl (C=O) groups excluding carboxylic acids is 1. The molecule has 0 saturated carbocycles. The van der Waals surface area contributed by atoms with Crippen LogP contribution in [0.3, 0.4) is 0 Å². The lowest BCUT2D eigenvalue weighted by molar-refractivity contribution is -0.493. The second-order valence-electron chi connectivity index (χ2n) is 6.92. The van der Waals surface area contributed by atoms with Crippen LogP contribution in [0.4, 0.5) is 5.82 Å². The molecule has 0 atom stereocenters. The molecule has 0 aliphatic heterocycles. The first-order chi connectivity index (χ1) is 14.6. The van der Waals surface area contributed by atoms with Crippen molar-refractivity contribution < 1.29 is 18.7 Å². The lowest BCUT2D eigenvalue weighted by Gasteiger charge is -2.08. The minimum absolute atomic E-state index is 0.234.